The number of nitrogens with zero attached hydrogens (tertiary/aromatic N) is 2. The van der Waals surface area contributed by atoms with E-state index in [-0.39, 0.29) is 11.0 Å². The molecule has 2 heterocycles. The van der Waals surface area contributed by atoms with Crippen molar-refractivity contribution in [3.8, 4) is 0 Å². The average molecular weight is 322 g/mol. The molecule has 0 bridgehead atoms. The van der Waals surface area contributed by atoms with Gasteiger partial charge in [-0.3, -0.25) is 9.36 Å². The number of fused-ring (bicyclic) bond motifs is 1. The van der Waals surface area contributed by atoms with Gasteiger partial charge in [0, 0.05) is 6.54 Å². The smallest absolute Gasteiger partial charge is 0.271 e. The molecule has 2 aromatic rings. The van der Waals surface area contributed by atoms with Crippen LogP contribution in [0.2, 0.25) is 0 Å². The first kappa shape index (κ1) is 15.1. The normalized spacial score (nSPS) is 18.8. The number of hydrogen-bond acceptors (Lipinski definition) is 4. The zero-order chi connectivity index (χ0) is 14.9. The van der Waals surface area contributed by atoms with Crippen molar-refractivity contribution in [2.75, 3.05) is 5.75 Å². The SMILES string of the molecule is Cc1csc2c(=O)n(CC3(CS)CCCCCC3)cnc12. The lowest BCUT2D eigenvalue weighted by Gasteiger charge is -2.31. The van der Waals surface area contributed by atoms with Crippen LogP contribution in [0.5, 0.6) is 0 Å². The fourth-order valence-corrected chi connectivity index (χ4v) is 4.75. The Bertz CT molecular complexity index is 681. The maximum atomic E-state index is 12.7. The molecular weight excluding hydrogens is 300 g/mol. The van der Waals surface area contributed by atoms with Crippen molar-refractivity contribution in [3.05, 3.63) is 27.6 Å². The highest BCUT2D eigenvalue weighted by molar-refractivity contribution is 7.80. The molecule has 1 saturated carbocycles. The second-order valence-corrected chi connectivity index (χ2v) is 7.54. The van der Waals surface area contributed by atoms with E-state index in [9.17, 15) is 4.79 Å². The zero-order valence-corrected chi connectivity index (χ0v) is 14.2. The highest BCUT2D eigenvalue weighted by Crippen LogP contribution is 2.37. The number of rotatable bonds is 3. The number of thiophene rings is 1. The van der Waals surface area contributed by atoms with E-state index in [1.807, 2.05) is 16.9 Å². The molecule has 1 aliphatic rings. The summed E-state index contributed by atoms with van der Waals surface area (Å²) in [6, 6.07) is 0. The molecule has 0 N–H and O–H groups in total. The fraction of sp³-hybridized carbons (Fsp3) is 0.625. The maximum Gasteiger partial charge on any atom is 0.271 e. The van der Waals surface area contributed by atoms with E-state index in [2.05, 4.69) is 17.6 Å². The van der Waals surface area contributed by atoms with Gasteiger partial charge in [0.15, 0.2) is 0 Å². The predicted molar refractivity (Wildman–Crippen MR) is 92.6 cm³/mol. The van der Waals surface area contributed by atoms with Gasteiger partial charge in [0.25, 0.3) is 5.56 Å². The molecule has 1 fully saturated rings. The largest absolute Gasteiger partial charge is 0.297 e. The first-order valence-corrected chi connectivity index (χ1v) is 9.21. The second-order valence-electron chi connectivity index (χ2n) is 6.35. The van der Waals surface area contributed by atoms with Crippen LogP contribution in [-0.4, -0.2) is 15.3 Å². The summed E-state index contributed by atoms with van der Waals surface area (Å²) in [7, 11) is 0. The number of aromatic nitrogens is 2. The molecule has 1 aliphatic carbocycles. The molecule has 3 nitrogen and oxygen atoms in total. The maximum absolute atomic E-state index is 12.7. The molecule has 0 spiro atoms. The van der Waals surface area contributed by atoms with Crippen LogP contribution in [0.1, 0.15) is 44.1 Å². The molecule has 0 aliphatic heterocycles. The molecule has 0 amide bonds. The third kappa shape index (κ3) is 2.90. The van der Waals surface area contributed by atoms with E-state index in [1.165, 1.54) is 49.9 Å². The topological polar surface area (TPSA) is 34.9 Å². The monoisotopic (exact) mass is 322 g/mol. The third-order valence-electron chi connectivity index (χ3n) is 4.73. The molecular formula is C16H22N2OS2. The Morgan fingerprint density at radius 3 is 2.71 bits per heavy atom. The van der Waals surface area contributed by atoms with Crippen molar-refractivity contribution in [2.24, 2.45) is 5.41 Å². The van der Waals surface area contributed by atoms with Crippen molar-refractivity contribution in [3.63, 3.8) is 0 Å². The minimum absolute atomic E-state index is 0.114. The van der Waals surface area contributed by atoms with E-state index in [4.69, 9.17) is 0 Å². The fourth-order valence-electron chi connectivity index (χ4n) is 3.38. The molecule has 2 aromatic heterocycles. The van der Waals surface area contributed by atoms with E-state index in [0.29, 0.717) is 0 Å². The molecule has 3 rings (SSSR count). The Hall–Kier alpha value is -0.810. The van der Waals surface area contributed by atoms with E-state index >= 15 is 0 Å². The van der Waals surface area contributed by atoms with Crippen molar-refractivity contribution in [2.45, 2.75) is 52.0 Å². The standard InChI is InChI=1S/C16H22N2OS2/c1-12-8-21-14-13(12)17-11-18(15(14)19)9-16(10-20)6-4-2-3-5-7-16/h8,11,20H,2-7,9-10H2,1H3. The summed E-state index contributed by atoms with van der Waals surface area (Å²) in [5, 5.41) is 2.02. The Morgan fingerprint density at radius 2 is 2.05 bits per heavy atom. The number of thiol groups is 1. The Balaban J connectivity index is 1.96. The minimum atomic E-state index is 0.114. The predicted octanol–water partition coefficient (Wildman–Crippen LogP) is 4.04. The molecule has 0 radical (unpaired) electrons. The Morgan fingerprint density at radius 1 is 1.33 bits per heavy atom. The van der Waals surface area contributed by atoms with Gasteiger partial charge in [-0.2, -0.15) is 12.6 Å². The van der Waals surface area contributed by atoms with Crippen LogP contribution in [-0.2, 0) is 6.54 Å². The average Bonchev–Trinajstić information content (AvgIpc) is 2.73. The van der Waals surface area contributed by atoms with Crippen molar-refractivity contribution >= 4 is 34.2 Å². The Kier molecular flexibility index (Phi) is 4.41. The first-order chi connectivity index (χ1) is 10.2. The van der Waals surface area contributed by atoms with Gasteiger partial charge in [0.05, 0.1) is 11.8 Å². The van der Waals surface area contributed by atoms with Crippen LogP contribution in [0, 0.1) is 12.3 Å². The summed E-state index contributed by atoms with van der Waals surface area (Å²) in [5.74, 6) is 0.848. The number of hydrogen-bond donors (Lipinski definition) is 1. The highest BCUT2D eigenvalue weighted by atomic mass is 32.1. The van der Waals surface area contributed by atoms with Crippen molar-refractivity contribution in [1.82, 2.24) is 9.55 Å². The first-order valence-electron chi connectivity index (χ1n) is 7.69. The summed E-state index contributed by atoms with van der Waals surface area (Å²) in [6.07, 6.45) is 9.21. The van der Waals surface area contributed by atoms with Crippen LogP contribution < -0.4 is 5.56 Å². The molecule has 0 atom stereocenters. The lowest BCUT2D eigenvalue weighted by Crippen LogP contribution is -2.33. The molecule has 0 unspecified atom stereocenters. The van der Waals surface area contributed by atoms with Crippen LogP contribution in [0.25, 0.3) is 10.2 Å². The van der Waals surface area contributed by atoms with Crippen LogP contribution in [0.4, 0.5) is 0 Å². The lowest BCUT2D eigenvalue weighted by atomic mass is 9.82. The second kappa shape index (κ2) is 6.13. The van der Waals surface area contributed by atoms with Crippen LogP contribution >= 0.6 is 24.0 Å². The summed E-state index contributed by atoms with van der Waals surface area (Å²) in [5.41, 5.74) is 2.23. The highest BCUT2D eigenvalue weighted by Gasteiger charge is 2.30. The van der Waals surface area contributed by atoms with Gasteiger partial charge in [-0.25, -0.2) is 4.98 Å². The minimum Gasteiger partial charge on any atom is -0.297 e. The number of aryl methyl sites for hydroxylation is 1. The van der Waals surface area contributed by atoms with Crippen LogP contribution in [0.15, 0.2) is 16.5 Å². The molecule has 0 aromatic carbocycles. The summed E-state index contributed by atoms with van der Waals surface area (Å²) >= 11 is 6.12. The van der Waals surface area contributed by atoms with Gasteiger partial charge >= 0.3 is 0 Å². The third-order valence-corrected chi connectivity index (χ3v) is 6.47. The quantitative estimate of drug-likeness (QED) is 0.684. The van der Waals surface area contributed by atoms with E-state index < -0.39 is 0 Å². The van der Waals surface area contributed by atoms with Gasteiger partial charge in [-0.1, -0.05) is 25.7 Å². The molecule has 5 heteroatoms. The molecule has 0 saturated heterocycles. The molecule has 21 heavy (non-hydrogen) atoms. The summed E-state index contributed by atoms with van der Waals surface area (Å²) in [6.45, 7) is 2.77. The van der Waals surface area contributed by atoms with Crippen LogP contribution in [0.3, 0.4) is 0 Å². The van der Waals surface area contributed by atoms with Gasteiger partial charge in [0.2, 0.25) is 0 Å². The van der Waals surface area contributed by atoms with Gasteiger partial charge in [-0.05, 0) is 41.9 Å². The van der Waals surface area contributed by atoms with Crippen molar-refractivity contribution in [1.29, 1.82) is 0 Å². The zero-order valence-electron chi connectivity index (χ0n) is 12.5. The van der Waals surface area contributed by atoms with Crippen molar-refractivity contribution < 1.29 is 0 Å². The Labute approximate surface area is 134 Å². The van der Waals surface area contributed by atoms with Gasteiger partial charge in [0.1, 0.15) is 4.70 Å². The summed E-state index contributed by atoms with van der Waals surface area (Å²) in [4.78, 5) is 17.2. The van der Waals surface area contributed by atoms with E-state index in [0.717, 1.165) is 28.1 Å². The van der Waals surface area contributed by atoms with Gasteiger partial charge < -0.3 is 0 Å². The van der Waals surface area contributed by atoms with Gasteiger partial charge in [-0.15, -0.1) is 11.3 Å². The van der Waals surface area contributed by atoms with E-state index in [1.54, 1.807) is 6.33 Å². The molecule has 114 valence electrons. The summed E-state index contributed by atoms with van der Waals surface area (Å²) < 4.78 is 2.61. The lowest BCUT2D eigenvalue weighted by molar-refractivity contribution is 0.237.